The van der Waals surface area contributed by atoms with Crippen LogP contribution in [0.15, 0.2) is 4.99 Å². The van der Waals surface area contributed by atoms with Crippen LogP contribution < -0.4 is 0 Å². The summed E-state index contributed by atoms with van der Waals surface area (Å²) in [6, 6.07) is 0. The maximum absolute atomic E-state index is 9.01. The zero-order chi connectivity index (χ0) is 6.85. The quantitative estimate of drug-likeness (QED) is 0.478. The summed E-state index contributed by atoms with van der Waals surface area (Å²) in [5.41, 5.74) is 0. The van der Waals surface area contributed by atoms with E-state index in [2.05, 4.69) is 4.99 Å². The second kappa shape index (κ2) is 2.33. The second-order valence-electron chi connectivity index (χ2n) is 1.92. The third kappa shape index (κ3) is 1.04. The summed E-state index contributed by atoms with van der Waals surface area (Å²) in [5.74, 6) is 0. The first-order valence-corrected chi connectivity index (χ1v) is 2.91. The maximum atomic E-state index is 9.01. The lowest BCUT2D eigenvalue weighted by atomic mass is 10.5. The lowest BCUT2D eigenvalue weighted by Gasteiger charge is -2.17. The zero-order valence-corrected chi connectivity index (χ0v) is 5.23. The molecule has 2 N–H and O–H groups in total. The average Bonchev–Trinajstić information content (AvgIpc) is 2.15. The van der Waals surface area contributed by atoms with Crippen LogP contribution in [0.3, 0.4) is 0 Å². The van der Waals surface area contributed by atoms with E-state index < -0.39 is 12.5 Å². The van der Waals surface area contributed by atoms with Crippen molar-refractivity contribution in [3.05, 3.63) is 0 Å². The normalized spacial score (nSPS) is 33.9. The minimum atomic E-state index is -0.954. The zero-order valence-electron chi connectivity index (χ0n) is 5.23. The van der Waals surface area contributed by atoms with Crippen molar-refractivity contribution in [1.82, 2.24) is 4.90 Å². The molecule has 0 aliphatic carbocycles. The van der Waals surface area contributed by atoms with Gasteiger partial charge in [0, 0.05) is 6.54 Å². The molecule has 0 aromatic rings. The highest BCUT2D eigenvalue weighted by atomic mass is 16.4. The van der Waals surface area contributed by atoms with Crippen LogP contribution in [0.4, 0.5) is 0 Å². The van der Waals surface area contributed by atoms with Crippen molar-refractivity contribution >= 4 is 6.34 Å². The Balaban J connectivity index is 2.51. The van der Waals surface area contributed by atoms with E-state index in [-0.39, 0.29) is 0 Å². The number of aliphatic hydroxyl groups excluding tert-OH is 2. The Labute approximate surface area is 53.4 Å². The molecule has 52 valence electrons. The van der Waals surface area contributed by atoms with Crippen molar-refractivity contribution in [2.24, 2.45) is 4.99 Å². The molecule has 0 aromatic heterocycles. The van der Waals surface area contributed by atoms with Gasteiger partial charge in [-0.1, -0.05) is 0 Å². The molecule has 0 saturated carbocycles. The molecule has 2 unspecified atom stereocenters. The van der Waals surface area contributed by atoms with Gasteiger partial charge in [-0.05, 0) is 6.92 Å². The highest BCUT2D eigenvalue weighted by molar-refractivity contribution is 5.57. The molecule has 1 aliphatic rings. The monoisotopic (exact) mass is 130 g/mol. The number of nitrogens with zero attached hydrogens (tertiary/aromatic N) is 2. The molecule has 1 rings (SSSR count). The molecule has 0 saturated heterocycles. The molecule has 4 heteroatoms. The number of likely N-dealkylation sites (N-methyl/N-ethyl adjacent to an activating group) is 1. The standard InChI is InChI=1S/C5H10N2O2/c1-2-7-3-6-4(8)5(7)9/h3-5,8-9H,2H2,1H3. The van der Waals surface area contributed by atoms with Gasteiger partial charge in [0.2, 0.25) is 0 Å². The smallest absolute Gasteiger partial charge is 0.192 e. The van der Waals surface area contributed by atoms with Crippen LogP contribution in [-0.2, 0) is 0 Å². The Bertz CT molecular complexity index is 126. The number of hydrogen-bond acceptors (Lipinski definition) is 4. The summed E-state index contributed by atoms with van der Waals surface area (Å²) < 4.78 is 0. The molecular formula is C5H10N2O2. The molecule has 0 radical (unpaired) electrons. The second-order valence-corrected chi connectivity index (χ2v) is 1.92. The van der Waals surface area contributed by atoms with E-state index in [1.165, 1.54) is 6.34 Å². The van der Waals surface area contributed by atoms with Crippen LogP contribution in [0, 0.1) is 0 Å². The molecular weight excluding hydrogens is 120 g/mol. The van der Waals surface area contributed by atoms with Crippen molar-refractivity contribution in [1.29, 1.82) is 0 Å². The van der Waals surface area contributed by atoms with Crippen molar-refractivity contribution in [2.75, 3.05) is 6.54 Å². The van der Waals surface area contributed by atoms with Gasteiger partial charge in [0.1, 0.15) is 0 Å². The fourth-order valence-corrected chi connectivity index (χ4v) is 0.739. The Morgan fingerprint density at radius 2 is 2.33 bits per heavy atom. The summed E-state index contributed by atoms with van der Waals surface area (Å²) in [4.78, 5) is 5.14. The Kier molecular flexibility index (Phi) is 1.68. The Morgan fingerprint density at radius 3 is 2.56 bits per heavy atom. The molecule has 0 bridgehead atoms. The van der Waals surface area contributed by atoms with Gasteiger partial charge < -0.3 is 15.1 Å². The third-order valence-electron chi connectivity index (χ3n) is 1.34. The van der Waals surface area contributed by atoms with E-state index in [1.807, 2.05) is 6.92 Å². The van der Waals surface area contributed by atoms with Gasteiger partial charge >= 0.3 is 0 Å². The molecule has 0 aromatic carbocycles. The van der Waals surface area contributed by atoms with E-state index in [4.69, 9.17) is 10.2 Å². The first-order valence-electron chi connectivity index (χ1n) is 2.91. The van der Waals surface area contributed by atoms with Crippen LogP contribution >= 0.6 is 0 Å². The van der Waals surface area contributed by atoms with E-state index in [1.54, 1.807) is 4.90 Å². The Morgan fingerprint density at radius 1 is 1.67 bits per heavy atom. The van der Waals surface area contributed by atoms with E-state index in [0.29, 0.717) is 6.54 Å². The molecule has 4 nitrogen and oxygen atoms in total. The predicted molar refractivity (Wildman–Crippen MR) is 32.9 cm³/mol. The van der Waals surface area contributed by atoms with Gasteiger partial charge in [-0.3, -0.25) is 0 Å². The third-order valence-corrected chi connectivity index (χ3v) is 1.34. The van der Waals surface area contributed by atoms with Gasteiger partial charge in [0.15, 0.2) is 12.5 Å². The molecule has 0 spiro atoms. The van der Waals surface area contributed by atoms with Crippen molar-refractivity contribution < 1.29 is 10.2 Å². The first kappa shape index (κ1) is 6.51. The number of hydrogen-bond donors (Lipinski definition) is 2. The fraction of sp³-hybridized carbons (Fsp3) is 0.800. The van der Waals surface area contributed by atoms with Gasteiger partial charge in [-0.15, -0.1) is 0 Å². The first-order chi connectivity index (χ1) is 4.25. The lowest BCUT2D eigenvalue weighted by molar-refractivity contribution is -0.0280. The molecule has 0 amide bonds. The lowest BCUT2D eigenvalue weighted by Crippen LogP contribution is -2.35. The van der Waals surface area contributed by atoms with Crippen LogP contribution in [0.25, 0.3) is 0 Å². The van der Waals surface area contributed by atoms with Crippen molar-refractivity contribution in [2.45, 2.75) is 19.4 Å². The largest absolute Gasteiger partial charge is 0.369 e. The Hall–Kier alpha value is -0.610. The van der Waals surface area contributed by atoms with Gasteiger partial charge in [-0.2, -0.15) is 0 Å². The van der Waals surface area contributed by atoms with E-state index >= 15 is 0 Å². The average molecular weight is 130 g/mol. The van der Waals surface area contributed by atoms with Gasteiger partial charge in [-0.25, -0.2) is 4.99 Å². The minimum Gasteiger partial charge on any atom is -0.369 e. The van der Waals surface area contributed by atoms with Gasteiger partial charge in [0.05, 0.1) is 6.34 Å². The fourth-order valence-electron chi connectivity index (χ4n) is 0.739. The molecule has 2 atom stereocenters. The number of aliphatic imine (C=N–C) groups is 1. The van der Waals surface area contributed by atoms with Crippen LogP contribution in [-0.4, -0.2) is 40.5 Å². The van der Waals surface area contributed by atoms with E-state index in [9.17, 15) is 0 Å². The van der Waals surface area contributed by atoms with Crippen molar-refractivity contribution in [3.8, 4) is 0 Å². The number of aliphatic hydroxyl groups is 2. The molecule has 1 aliphatic heterocycles. The van der Waals surface area contributed by atoms with E-state index in [0.717, 1.165) is 0 Å². The molecule has 1 heterocycles. The predicted octanol–water partition coefficient (Wildman–Crippen LogP) is -1.01. The number of rotatable bonds is 1. The highest BCUT2D eigenvalue weighted by Gasteiger charge is 2.24. The maximum Gasteiger partial charge on any atom is 0.192 e. The van der Waals surface area contributed by atoms with Crippen LogP contribution in [0.2, 0.25) is 0 Å². The summed E-state index contributed by atoms with van der Waals surface area (Å²) in [6.45, 7) is 2.55. The molecule has 9 heavy (non-hydrogen) atoms. The minimum absolute atomic E-state index is 0.668. The SMILES string of the molecule is CCN1C=NC(O)C1O. The molecule has 0 fully saturated rings. The summed E-state index contributed by atoms with van der Waals surface area (Å²) in [5, 5.41) is 17.8. The van der Waals surface area contributed by atoms with Crippen molar-refractivity contribution in [3.63, 3.8) is 0 Å². The van der Waals surface area contributed by atoms with Crippen LogP contribution in [0.1, 0.15) is 6.92 Å². The highest BCUT2D eigenvalue weighted by Crippen LogP contribution is 2.06. The topological polar surface area (TPSA) is 56.1 Å². The van der Waals surface area contributed by atoms with Gasteiger partial charge in [0.25, 0.3) is 0 Å². The summed E-state index contributed by atoms with van der Waals surface area (Å²) in [7, 11) is 0. The van der Waals surface area contributed by atoms with Crippen LogP contribution in [0.5, 0.6) is 0 Å². The summed E-state index contributed by atoms with van der Waals surface area (Å²) >= 11 is 0. The summed E-state index contributed by atoms with van der Waals surface area (Å²) in [6.07, 6.45) is -0.338.